The first-order valence-electron chi connectivity index (χ1n) is 6.01. The van der Waals surface area contributed by atoms with Crippen molar-refractivity contribution in [3.8, 4) is 0 Å². The Bertz CT molecular complexity index is 768. The van der Waals surface area contributed by atoms with E-state index in [1.54, 1.807) is 40.8 Å². The lowest BCUT2D eigenvalue weighted by Gasteiger charge is -2.06. The third-order valence-electron chi connectivity index (χ3n) is 2.88. The van der Waals surface area contributed by atoms with Crippen LogP contribution in [0.1, 0.15) is 10.4 Å². The predicted octanol–water partition coefficient (Wildman–Crippen LogP) is 2.70. The molecule has 0 saturated heterocycles. The van der Waals surface area contributed by atoms with Crippen molar-refractivity contribution in [2.75, 3.05) is 11.6 Å². The van der Waals surface area contributed by atoms with Crippen molar-refractivity contribution in [1.29, 1.82) is 0 Å². The second-order valence-corrected chi connectivity index (χ2v) is 5.08. The van der Waals surface area contributed by atoms with Gasteiger partial charge in [0.1, 0.15) is 6.33 Å². The van der Waals surface area contributed by atoms with Crippen molar-refractivity contribution < 1.29 is 4.79 Å². The largest absolute Gasteiger partial charge is 0.322 e. The summed E-state index contributed by atoms with van der Waals surface area (Å²) in [7, 11) is 0. The average molecular weight is 284 g/mol. The third kappa shape index (κ3) is 2.50. The van der Waals surface area contributed by atoms with E-state index in [4.69, 9.17) is 0 Å². The Morgan fingerprint density at radius 2 is 2.20 bits per heavy atom. The second kappa shape index (κ2) is 5.34. The highest BCUT2D eigenvalue weighted by atomic mass is 32.2. The monoisotopic (exact) mass is 284 g/mol. The third-order valence-corrected chi connectivity index (χ3v) is 3.61. The van der Waals surface area contributed by atoms with Crippen molar-refractivity contribution in [3.63, 3.8) is 0 Å². The fraction of sp³-hybridized carbons (Fsp3) is 0.0714. The Hall–Kier alpha value is -2.34. The number of nitrogens with zero attached hydrogens (tertiary/aromatic N) is 3. The highest BCUT2D eigenvalue weighted by molar-refractivity contribution is 7.98. The van der Waals surface area contributed by atoms with Crippen LogP contribution in [0.2, 0.25) is 0 Å². The Labute approximate surface area is 120 Å². The summed E-state index contributed by atoms with van der Waals surface area (Å²) in [5, 5.41) is 10.6. The molecule has 0 unspecified atom stereocenters. The molecule has 3 aromatic rings. The van der Waals surface area contributed by atoms with Gasteiger partial charge in [-0.05, 0) is 36.6 Å². The number of thioether (sulfide) groups is 1. The van der Waals surface area contributed by atoms with E-state index in [-0.39, 0.29) is 5.91 Å². The molecular formula is C14H12N4OS. The van der Waals surface area contributed by atoms with Crippen LogP contribution in [0.15, 0.2) is 53.8 Å². The molecule has 3 rings (SSSR count). The molecular weight excluding hydrogens is 272 g/mol. The van der Waals surface area contributed by atoms with Gasteiger partial charge in [0.05, 0.1) is 5.56 Å². The molecule has 1 amide bonds. The maximum atomic E-state index is 12.2. The van der Waals surface area contributed by atoms with E-state index >= 15 is 0 Å². The standard InChI is InChI=1S/C14H12N4OS/c1-20-12-4-2-3-11(7-12)16-14(19)10-5-6-13-17-15-9-18(13)8-10/h2-9H,1H3,(H,16,19). The first-order chi connectivity index (χ1) is 9.76. The van der Waals surface area contributed by atoms with Crippen LogP contribution in [0.3, 0.4) is 0 Å². The van der Waals surface area contributed by atoms with Gasteiger partial charge >= 0.3 is 0 Å². The zero-order chi connectivity index (χ0) is 13.9. The van der Waals surface area contributed by atoms with E-state index < -0.39 is 0 Å². The molecule has 1 N–H and O–H groups in total. The van der Waals surface area contributed by atoms with Crippen molar-refractivity contribution in [1.82, 2.24) is 14.6 Å². The number of rotatable bonds is 3. The average Bonchev–Trinajstić information content (AvgIpc) is 2.94. The minimum absolute atomic E-state index is 0.154. The zero-order valence-corrected chi connectivity index (χ0v) is 11.6. The van der Waals surface area contributed by atoms with Gasteiger partial charge < -0.3 is 5.32 Å². The second-order valence-electron chi connectivity index (χ2n) is 4.20. The maximum absolute atomic E-state index is 12.2. The summed E-state index contributed by atoms with van der Waals surface area (Å²) in [4.78, 5) is 13.3. The number of benzene rings is 1. The molecule has 0 bridgehead atoms. The van der Waals surface area contributed by atoms with Gasteiger partial charge in [0.15, 0.2) is 5.65 Å². The maximum Gasteiger partial charge on any atom is 0.257 e. The molecule has 0 aliphatic heterocycles. The first-order valence-corrected chi connectivity index (χ1v) is 7.23. The summed E-state index contributed by atoms with van der Waals surface area (Å²) in [5.41, 5.74) is 2.06. The van der Waals surface area contributed by atoms with Crippen LogP contribution in [0.4, 0.5) is 5.69 Å². The summed E-state index contributed by atoms with van der Waals surface area (Å²) in [6.07, 6.45) is 5.28. The molecule has 0 aliphatic rings. The van der Waals surface area contributed by atoms with E-state index in [0.717, 1.165) is 10.6 Å². The summed E-state index contributed by atoms with van der Waals surface area (Å²) in [6, 6.07) is 11.2. The van der Waals surface area contributed by atoms with Gasteiger partial charge in [-0.1, -0.05) is 6.07 Å². The molecule has 20 heavy (non-hydrogen) atoms. The molecule has 2 heterocycles. The van der Waals surface area contributed by atoms with Crippen LogP contribution in [0.25, 0.3) is 5.65 Å². The van der Waals surface area contributed by atoms with Crippen LogP contribution in [-0.2, 0) is 0 Å². The van der Waals surface area contributed by atoms with Gasteiger partial charge in [-0.15, -0.1) is 22.0 Å². The molecule has 1 aromatic carbocycles. The molecule has 0 saturated carbocycles. The molecule has 0 aliphatic carbocycles. The quantitative estimate of drug-likeness (QED) is 0.751. The molecule has 100 valence electrons. The number of amides is 1. The Balaban J connectivity index is 1.84. The van der Waals surface area contributed by atoms with Crippen LogP contribution < -0.4 is 5.32 Å². The lowest BCUT2D eigenvalue weighted by molar-refractivity contribution is 0.102. The van der Waals surface area contributed by atoms with E-state index in [1.165, 1.54) is 0 Å². The van der Waals surface area contributed by atoms with Gasteiger partial charge in [-0.3, -0.25) is 9.20 Å². The topological polar surface area (TPSA) is 59.3 Å². The van der Waals surface area contributed by atoms with E-state index in [2.05, 4.69) is 15.5 Å². The number of hydrogen-bond donors (Lipinski definition) is 1. The molecule has 0 atom stereocenters. The van der Waals surface area contributed by atoms with Gasteiger partial charge in [0.2, 0.25) is 0 Å². The van der Waals surface area contributed by atoms with Crippen LogP contribution in [0.5, 0.6) is 0 Å². The Morgan fingerprint density at radius 3 is 3.05 bits per heavy atom. The van der Waals surface area contributed by atoms with Crippen molar-refractivity contribution in [3.05, 3.63) is 54.5 Å². The van der Waals surface area contributed by atoms with Gasteiger partial charge in [-0.2, -0.15) is 0 Å². The number of hydrogen-bond acceptors (Lipinski definition) is 4. The fourth-order valence-corrected chi connectivity index (χ4v) is 2.33. The van der Waals surface area contributed by atoms with Gasteiger partial charge in [0, 0.05) is 16.8 Å². The molecule has 0 fully saturated rings. The lowest BCUT2D eigenvalue weighted by atomic mass is 10.2. The highest BCUT2D eigenvalue weighted by Crippen LogP contribution is 2.19. The molecule has 2 aromatic heterocycles. The summed E-state index contributed by atoms with van der Waals surface area (Å²) >= 11 is 1.64. The SMILES string of the molecule is CSc1cccc(NC(=O)c2ccc3nncn3c2)c1. The minimum atomic E-state index is -0.154. The highest BCUT2D eigenvalue weighted by Gasteiger charge is 2.08. The van der Waals surface area contributed by atoms with E-state index in [9.17, 15) is 4.79 Å². The van der Waals surface area contributed by atoms with Crippen LogP contribution in [0, 0.1) is 0 Å². The fourth-order valence-electron chi connectivity index (χ4n) is 1.87. The number of anilines is 1. The number of aromatic nitrogens is 3. The van der Waals surface area contributed by atoms with E-state index in [0.29, 0.717) is 11.2 Å². The molecule has 6 heteroatoms. The van der Waals surface area contributed by atoms with Crippen molar-refractivity contribution in [2.45, 2.75) is 4.90 Å². The number of carbonyl (C=O) groups excluding carboxylic acids is 1. The van der Waals surface area contributed by atoms with E-state index in [1.807, 2.05) is 30.5 Å². The van der Waals surface area contributed by atoms with Gasteiger partial charge in [-0.25, -0.2) is 0 Å². The smallest absolute Gasteiger partial charge is 0.257 e. The molecule has 5 nitrogen and oxygen atoms in total. The number of carbonyl (C=O) groups is 1. The molecule has 0 radical (unpaired) electrons. The van der Waals surface area contributed by atoms with Crippen molar-refractivity contribution >= 4 is 29.0 Å². The lowest BCUT2D eigenvalue weighted by Crippen LogP contribution is -2.12. The Morgan fingerprint density at radius 1 is 1.30 bits per heavy atom. The van der Waals surface area contributed by atoms with Crippen molar-refractivity contribution in [2.24, 2.45) is 0 Å². The number of pyridine rings is 1. The number of nitrogens with one attached hydrogen (secondary N) is 1. The van der Waals surface area contributed by atoms with Crippen LogP contribution in [-0.4, -0.2) is 26.8 Å². The van der Waals surface area contributed by atoms with Gasteiger partial charge in [0.25, 0.3) is 5.91 Å². The van der Waals surface area contributed by atoms with Crippen LogP contribution >= 0.6 is 11.8 Å². The predicted molar refractivity (Wildman–Crippen MR) is 79.2 cm³/mol. The zero-order valence-electron chi connectivity index (χ0n) is 10.8. The summed E-state index contributed by atoms with van der Waals surface area (Å²) in [6.45, 7) is 0. The number of fused-ring (bicyclic) bond motifs is 1. The molecule has 0 spiro atoms. The summed E-state index contributed by atoms with van der Waals surface area (Å²) < 4.78 is 1.72. The summed E-state index contributed by atoms with van der Waals surface area (Å²) in [5.74, 6) is -0.154. The first kappa shape index (κ1) is 12.7. The Kier molecular flexibility index (Phi) is 3.39. The normalized spacial score (nSPS) is 10.7. The minimum Gasteiger partial charge on any atom is -0.322 e.